The van der Waals surface area contributed by atoms with Gasteiger partial charge in [0.25, 0.3) is 0 Å². The van der Waals surface area contributed by atoms with Gasteiger partial charge in [0.15, 0.2) is 0 Å². The van der Waals surface area contributed by atoms with Crippen molar-refractivity contribution in [3.8, 4) is 0 Å². The third-order valence-corrected chi connectivity index (χ3v) is 3.59. The first kappa shape index (κ1) is 10.9. The summed E-state index contributed by atoms with van der Waals surface area (Å²) in [7, 11) is 0. The summed E-state index contributed by atoms with van der Waals surface area (Å²) in [5.74, 6) is 0.454. The molecule has 3 nitrogen and oxygen atoms in total. The number of hydrogen-bond acceptors (Lipinski definition) is 3. The van der Waals surface area contributed by atoms with Gasteiger partial charge >= 0.3 is 0 Å². The highest BCUT2D eigenvalue weighted by atomic mass is 35.5. The van der Waals surface area contributed by atoms with E-state index in [9.17, 15) is 0 Å². The normalized spacial score (nSPS) is 10.9. The predicted molar refractivity (Wildman–Crippen MR) is 62.7 cm³/mol. The topological polar surface area (TPSA) is 30.7 Å². The molecule has 6 heteroatoms. The fraction of sp³-hybridized carbons (Fsp3) is 0.333. The van der Waals surface area contributed by atoms with Crippen LogP contribution in [0, 0.1) is 6.92 Å². The molecule has 0 spiro atoms. The van der Waals surface area contributed by atoms with Crippen molar-refractivity contribution in [2.24, 2.45) is 0 Å². The molecular formula is C9H9Cl2N3S. The number of hydrogen-bond donors (Lipinski definition) is 0. The van der Waals surface area contributed by atoms with Crippen molar-refractivity contribution in [3.05, 3.63) is 33.0 Å². The van der Waals surface area contributed by atoms with E-state index in [1.807, 2.05) is 17.0 Å². The van der Waals surface area contributed by atoms with Crippen molar-refractivity contribution in [3.63, 3.8) is 0 Å². The van der Waals surface area contributed by atoms with Crippen LogP contribution in [-0.2, 0) is 12.4 Å². The van der Waals surface area contributed by atoms with Crippen LogP contribution < -0.4 is 0 Å². The van der Waals surface area contributed by atoms with Gasteiger partial charge in [0.05, 0.1) is 35.0 Å². The zero-order valence-corrected chi connectivity index (χ0v) is 10.4. The molecule has 0 aliphatic heterocycles. The van der Waals surface area contributed by atoms with Gasteiger partial charge in [0.1, 0.15) is 5.01 Å². The van der Waals surface area contributed by atoms with Gasteiger partial charge < -0.3 is 0 Å². The molecule has 0 unspecified atom stereocenters. The molecule has 0 saturated heterocycles. The Balaban J connectivity index is 2.18. The van der Waals surface area contributed by atoms with Crippen molar-refractivity contribution in [1.82, 2.24) is 14.8 Å². The second-order valence-electron chi connectivity index (χ2n) is 3.10. The maximum Gasteiger partial charge on any atom is 0.114 e. The van der Waals surface area contributed by atoms with Crippen LogP contribution in [0.4, 0.5) is 0 Å². The average Bonchev–Trinajstić information content (AvgIpc) is 2.80. The predicted octanol–water partition coefficient (Wildman–Crippen LogP) is 3.09. The number of nitrogens with zero attached hydrogens (tertiary/aromatic N) is 3. The highest BCUT2D eigenvalue weighted by molar-refractivity contribution is 7.09. The fourth-order valence-corrected chi connectivity index (χ4v) is 2.34. The molecule has 0 aliphatic carbocycles. The van der Waals surface area contributed by atoms with Gasteiger partial charge in [-0.15, -0.1) is 22.9 Å². The lowest BCUT2D eigenvalue weighted by Gasteiger charge is -2.00. The Labute approximate surface area is 102 Å². The van der Waals surface area contributed by atoms with Gasteiger partial charge in [0.2, 0.25) is 0 Å². The van der Waals surface area contributed by atoms with Gasteiger partial charge in [0, 0.05) is 5.38 Å². The third-order valence-electron chi connectivity index (χ3n) is 2.06. The molecule has 0 saturated carbocycles. The largest absolute Gasteiger partial charge is 0.261 e. The van der Waals surface area contributed by atoms with Crippen LogP contribution in [0.1, 0.15) is 16.4 Å². The molecule has 0 aliphatic rings. The first-order valence-electron chi connectivity index (χ1n) is 4.38. The van der Waals surface area contributed by atoms with Gasteiger partial charge in [-0.3, -0.25) is 4.68 Å². The molecule has 2 aromatic rings. The Morgan fingerprint density at radius 3 is 2.87 bits per heavy atom. The molecule has 0 fully saturated rings. The van der Waals surface area contributed by atoms with Crippen LogP contribution in [0.5, 0.6) is 0 Å². The Hall–Kier alpha value is -0.580. The van der Waals surface area contributed by atoms with Crippen molar-refractivity contribution in [1.29, 1.82) is 0 Å². The number of rotatable bonds is 3. The van der Waals surface area contributed by atoms with Crippen LogP contribution in [0.2, 0.25) is 5.02 Å². The standard InChI is InChI=1S/C9H9Cl2N3S/c1-6-8(11)3-12-14(6)4-9-13-7(2-10)5-15-9/h3,5H,2,4H2,1H3. The lowest BCUT2D eigenvalue weighted by molar-refractivity contribution is 0.661. The smallest absolute Gasteiger partial charge is 0.114 e. The number of alkyl halides is 1. The Kier molecular flexibility index (Phi) is 3.29. The first-order valence-corrected chi connectivity index (χ1v) is 6.17. The SMILES string of the molecule is Cc1c(Cl)cnn1Cc1nc(CCl)cs1. The lowest BCUT2D eigenvalue weighted by atomic mass is 10.5. The lowest BCUT2D eigenvalue weighted by Crippen LogP contribution is -2.03. The summed E-state index contributed by atoms with van der Waals surface area (Å²) in [5, 5.41) is 7.80. The maximum atomic E-state index is 5.91. The zero-order valence-electron chi connectivity index (χ0n) is 8.07. The van der Waals surface area contributed by atoms with Crippen molar-refractivity contribution >= 4 is 34.5 Å². The van der Waals surface area contributed by atoms with Crippen molar-refractivity contribution in [2.75, 3.05) is 0 Å². The second kappa shape index (κ2) is 4.51. The minimum Gasteiger partial charge on any atom is -0.261 e. The summed E-state index contributed by atoms with van der Waals surface area (Å²) < 4.78 is 1.83. The van der Waals surface area contributed by atoms with Gasteiger partial charge in [-0.1, -0.05) is 11.6 Å². The van der Waals surface area contributed by atoms with E-state index in [2.05, 4.69) is 10.1 Å². The minimum absolute atomic E-state index is 0.454. The first-order chi connectivity index (χ1) is 7.20. The average molecular weight is 262 g/mol. The second-order valence-corrected chi connectivity index (χ2v) is 4.72. The number of thiazole rings is 1. The Morgan fingerprint density at radius 1 is 1.53 bits per heavy atom. The molecular weight excluding hydrogens is 253 g/mol. The summed E-state index contributed by atoms with van der Waals surface area (Å²) >= 11 is 13.2. The summed E-state index contributed by atoms with van der Waals surface area (Å²) in [5.41, 5.74) is 1.87. The van der Waals surface area contributed by atoms with Gasteiger partial charge in [-0.25, -0.2) is 4.98 Å². The van der Waals surface area contributed by atoms with Crippen molar-refractivity contribution < 1.29 is 0 Å². The molecule has 80 valence electrons. The van der Waals surface area contributed by atoms with Crippen molar-refractivity contribution in [2.45, 2.75) is 19.3 Å². The molecule has 2 aromatic heterocycles. The fourth-order valence-electron chi connectivity index (χ4n) is 1.19. The van der Waals surface area contributed by atoms with E-state index in [1.54, 1.807) is 17.5 Å². The molecule has 0 bridgehead atoms. The molecule has 0 atom stereocenters. The monoisotopic (exact) mass is 261 g/mol. The summed E-state index contributed by atoms with van der Waals surface area (Å²) in [4.78, 5) is 4.36. The van der Waals surface area contributed by atoms with Crippen LogP contribution in [0.15, 0.2) is 11.6 Å². The van der Waals surface area contributed by atoms with E-state index >= 15 is 0 Å². The third kappa shape index (κ3) is 2.33. The maximum absolute atomic E-state index is 5.91. The van der Waals surface area contributed by atoms with Gasteiger partial charge in [-0.05, 0) is 6.92 Å². The van der Waals surface area contributed by atoms with E-state index in [0.29, 0.717) is 17.4 Å². The Bertz CT molecular complexity index is 464. The van der Waals surface area contributed by atoms with Gasteiger partial charge in [-0.2, -0.15) is 5.10 Å². The van der Waals surface area contributed by atoms with Crippen LogP contribution in [-0.4, -0.2) is 14.8 Å². The minimum atomic E-state index is 0.454. The van der Waals surface area contributed by atoms with E-state index in [4.69, 9.17) is 23.2 Å². The molecule has 0 aromatic carbocycles. The van der Waals surface area contributed by atoms with E-state index < -0.39 is 0 Å². The summed E-state index contributed by atoms with van der Waals surface area (Å²) in [6.07, 6.45) is 1.65. The molecule has 2 heterocycles. The van der Waals surface area contributed by atoms with Crippen LogP contribution >= 0.6 is 34.5 Å². The molecule has 0 amide bonds. The summed E-state index contributed by atoms with van der Waals surface area (Å²) in [6, 6.07) is 0. The van der Waals surface area contributed by atoms with Crippen LogP contribution in [0.25, 0.3) is 0 Å². The molecule has 0 N–H and O–H groups in total. The molecule has 2 rings (SSSR count). The van der Waals surface area contributed by atoms with E-state index in [0.717, 1.165) is 16.4 Å². The quantitative estimate of drug-likeness (QED) is 0.796. The summed E-state index contributed by atoms with van der Waals surface area (Å²) in [6.45, 7) is 2.59. The number of aromatic nitrogens is 3. The van der Waals surface area contributed by atoms with Crippen LogP contribution in [0.3, 0.4) is 0 Å². The zero-order chi connectivity index (χ0) is 10.8. The Morgan fingerprint density at radius 2 is 2.33 bits per heavy atom. The molecule has 0 radical (unpaired) electrons. The number of halogens is 2. The van der Waals surface area contributed by atoms with E-state index in [-0.39, 0.29) is 0 Å². The molecule has 15 heavy (non-hydrogen) atoms. The highest BCUT2D eigenvalue weighted by Crippen LogP contribution is 2.17. The highest BCUT2D eigenvalue weighted by Gasteiger charge is 2.07. The van der Waals surface area contributed by atoms with E-state index in [1.165, 1.54) is 0 Å².